The number of hydrogen-bond acceptors (Lipinski definition) is 3. The van der Waals surface area contributed by atoms with E-state index in [4.69, 9.17) is 21.4 Å². The minimum atomic E-state index is -0.857. The standard InChI is InChI=1S/C14H15BrClNO4/c15-10-3-4-12(11(16)6-10)21-8-13(18)17-5-1-2-9(7-17)14(19)20/h3-4,6,9H,1-2,5,7-8H2,(H,19,20)/t9-/m1/s1. The van der Waals surface area contributed by atoms with Gasteiger partial charge in [-0.15, -0.1) is 0 Å². The van der Waals surface area contributed by atoms with Crippen molar-refractivity contribution in [1.29, 1.82) is 0 Å². The van der Waals surface area contributed by atoms with Crippen molar-refractivity contribution in [2.24, 2.45) is 5.92 Å². The number of nitrogens with zero attached hydrogens (tertiary/aromatic N) is 1. The van der Waals surface area contributed by atoms with Gasteiger partial charge in [-0.2, -0.15) is 0 Å². The lowest BCUT2D eigenvalue weighted by atomic mass is 9.98. The zero-order valence-electron chi connectivity index (χ0n) is 11.2. The number of amides is 1. The molecule has 1 saturated heterocycles. The van der Waals surface area contributed by atoms with Crippen LogP contribution in [0.2, 0.25) is 5.02 Å². The maximum Gasteiger partial charge on any atom is 0.308 e. The molecule has 1 aromatic rings. The summed E-state index contributed by atoms with van der Waals surface area (Å²) in [5.41, 5.74) is 0. The van der Waals surface area contributed by atoms with E-state index in [9.17, 15) is 9.59 Å². The summed E-state index contributed by atoms with van der Waals surface area (Å²) in [6.07, 6.45) is 1.31. The molecule has 1 aromatic carbocycles. The van der Waals surface area contributed by atoms with Crippen LogP contribution in [0.25, 0.3) is 0 Å². The van der Waals surface area contributed by atoms with Gasteiger partial charge in [-0.25, -0.2) is 0 Å². The molecule has 0 aliphatic carbocycles. The van der Waals surface area contributed by atoms with E-state index in [2.05, 4.69) is 15.9 Å². The van der Waals surface area contributed by atoms with E-state index in [-0.39, 0.29) is 19.1 Å². The van der Waals surface area contributed by atoms with Crippen molar-refractivity contribution in [2.75, 3.05) is 19.7 Å². The molecule has 1 fully saturated rings. The van der Waals surface area contributed by atoms with Gasteiger partial charge in [0.05, 0.1) is 10.9 Å². The Bertz CT molecular complexity index is 552. The fourth-order valence-corrected chi connectivity index (χ4v) is 2.96. The molecule has 2 rings (SSSR count). The zero-order valence-corrected chi connectivity index (χ0v) is 13.6. The van der Waals surface area contributed by atoms with Crippen molar-refractivity contribution in [3.8, 4) is 5.75 Å². The molecule has 0 aromatic heterocycles. The molecule has 0 unspecified atom stereocenters. The Morgan fingerprint density at radius 2 is 2.24 bits per heavy atom. The predicted octanol–water partition coefficient (Wildman–Crippen LogP) is 2.80. The highest BCUT2D eigenvalue weighted by Gasteiger charge is 2.28. The SMILES string of the molecule is O=C(O)[C@@H]1CCCN(C(=O)COc2ccc(Br)cc2Cl)C1. The lowest BCUT2D eigenvalue weighted by Gasteiger charge is -2.30. The Morgan fingerprint density at radius 1 is 1.48 bits per heavy atom. The summed E-state index contributed by atoms with van der Waals surface area (Å²) in [5, 5.41) is 9.43. The van der Waals surface area contributed by atoms with E-state index in [1.165, 1.54) is 4.90 Å². The molecule has 1 atom stereocenters. The lowest BCUT2D eigenvalue weighted by molar-refractivity contribution is -0.146. The minimum absolute atomic E-state index is 0.145. The number of piperidine rings is 1. The first kappa shape index (κ1) is 16.1. The third-order valence-electron chi connectivity index (χ3n) is 3.37. The largest absolute Gasteiger partial charge is 0.482 e. The van der Waals surface area contributed by atoms with Crippen LogP contribution in [0, 0.1) is 5.92 Å². The van der Waals surface area contributed by atoms with Crippen LogP contribution in [0.4, 0.5) is 0 Å². The summed E-state index contributed by atoms with van der Waals surface area (Å²) in [6, 6.07) is 5.13. The summed E-state index contributed by atoms with van der Waals surface area (Å²) in [5.74, 6) is -1.14. The maximum absolute atomic E-state index is 12.1. The molecule has 21 heavy (non-hydrogen) atoms. The first-order valence-corrected chi connectivity index (χ1v) is 7.73. The van der Waals surface area contributed by atoms with Gasteiger partial charge in [0.2, 0.25) is 0 Å². The van der Waals surface area contributed by atoms with E-state index >= 15 is 0 Å². The molecule has 0 saturated carbocycles. The second kappa shape index (κ2) is 7.13. The fraction of sp³-hybridized carbons (Fsp3) is 0.429. The summed E-state index contributed by atoms with van der Waals surface area (Å²) >= 11 is 9.29. The van der Waals surface area contributed by atoms with Crippen LogP contribution in [0.5, 0.6) is 5.75 Å². The van der Waals surface area contributed by atoms with Crippen LogP contribution in [0.3, 0.4) is 0 Å². The molecule has 0 bridgehead atoms. The summed E-state index contributed by atoms with van der Waals surface area (Å²) in [4.78, 5) is 24.6. The number of halogens is 2. The van der Waals surface area contributed by atoms with Gasteiger partial charge in [0, 0.05) is 17.6 Å². The van der Waals surface area contributed by atoms with Crippen LogP contribution in [-0.2, 0) is 9.59 Å². The Hall–Kier alpha value is -1.27. The van der Waals surface area contributed by atoms with Crippen LogP contribution in [0.1, 0.15) is 12.8 Å². The topological polar surface area (TPSA) is 66.8 Å². The highest BCUT2D eigenvalue weighted by Crippen LogP contribution is 2.27. The van der Waals surface area contributed by atoms with Crippen LogP contribution in [-0.4, -0.2) is 41.6 Å². The first-order valence-electron chi connectivity index (χ1n) is 6.56. The average molecular weight is 377 g/mol. The normalized spacial score (nSPS) is 18.4. The quantitative estimate of drug-likeness (QED) is 0.877. The monoisotopic (exact) mass is 375 g/mol. The zero-order chi connectivity index (χ0) is 15.4. The second-order valence-electron chi connectivity index (χ2n) is 4.88. The van der Waals surface area contributed by atoms with Crippen molar-refractivity contribution in [3.05, 3.63) is 27.7 Å². The van der Waals surface area contributed by atoms with Gasteiger partial charge < -0.3 is 14.7 Å². The molecule has 1 aliphatic heterocycles. The van der Waals surface area contributed by atoms with Gasteiger partial charge in [-0.05, 0) is 31.0 Å². The van der Waals surface area contributed by atoms with Crippen molar-refractivity contribution in [1.82, 2.24) is 4.90 Å². The highest BCUT2D eigenvalue weighted by molar-refractivity contribution is 9.10. The average Bonchev–Trinajstić information content (AvgIpc) is 2.46. The number of likely N-dealkylation sites (tertiary alicyclic amines) is 1. The molecule has 1 aliphatic rings. The number of carboxylic acid groups (broad SMARTS) is 1. The van der Waals surface area contributed by atoms with Gasteiger partial charge in [-0.1, -0.05) is 27.5 Å². The van der Waals surface area contributed by atoms with Crippen molar-refractivity contribution in [3.63, 3.8) is 0 Å². The van der Waals surface area contributed by atoms with E-state index < -0.39 is 11.9 Å². The molecule has 1 N–H and O–H groups in total. The van der Waals surface area contributed by atoms with E-state index in [0.29, 0.717) is 30.2 Å². The number of hydrogen-bond donors (Lipinski definition) is 1. The lowest BCUT2D eigenvalue weighted by Crippen LogP contribution is -2.44. The smallest absolute Gasteiger partial charge is 0.308 e. The molecule has 1 heterocycles. The van der Waals surface area contributed by atoms with E-state index in [1.807, 2.05) is 0 Å². The fourth-order valence-electron chi connectivity index (χ4n) is 2.23. The number of carboxylic acids is 1. The number of carbonyl (C=O) groups is 2. The number of benzene rings is 1. The Kier molecular flexibility index (Phi) is 5.47. The van der Waals surface area contributed by atoms with Crippen molar-refractivity contribution < 1.29 is 19.4 Å². The molecule has 0 radical (unpaired) electrons. The van der Waals surface area contributed by atoms with Crippen LogP contribution < -0.4 is 4.74 Å². The highest BCUT2D eigenvalue weighted by atomic mass is 79.9. The van der Waals surface area contributed by atoms with E-state index in [1.54, 1.807) is 18.2 Å². The molecule has 0 spiro atoms. The van der Waals surface area contributed by atoms with Gasteiger partial charge >= 0.3 is 5.97 Å². The molecular weight excluding hydrogens is 362 g/mol. The molecule has 1 amide bonds. The maximum atomic E-state index is 12.1. The third kappa shape index (κ3) is 4.35. The van der Waals surface area contributed by atoms with Gasteiger partial charge in [0.25, 0.3) is 5.91 Å². The molecule has 114 valence electrons. The summed E-state index contributed by atoms with van der Waals surface area (Å²) in [7, 11) is 0. The third-order valence-corrected chi connectivity index (χ3v) is 4.16. The molecule has 5 nitrogen and oxygen atoms in total. The number of aliphatic carboxylic acids is 1. The van der Waals surface area contributed by atoms with Gasteiger partial charge in [-0.3, -0.25) is 9.59 Å². The molecular formula is C14H15BrClNO4. The number of rotatable bonds is 4. The Balaban J connectivity index is 1.90. The first-order chi connectivity index (χ1) is 9.97. The van der Waals surface area contributed by atoms with Crippen LogP contribution >= 0.6 is 27.5 Å². The van der Waals surface area contributed by atoms with Crippen molar-refractivity contribution >= 4 is 39.4 Å². The predicted molar refractivity (Wildman–Crippen MR) is 81.6 cm³/mol. The summed E-state index contributed by atoms with van der Waals surface area (Å²) in [6.45, 7) is 0.666. The number of ether oxygens (including phenoxy) is 1. The second-order valence-corrected chi connectivity index (χ2v) is 6.20. The van der Waals surface area contributed by atoms with Gasteiger partial charge in [0.1, 0.15) is 5.75 Å². The Labute approximate surface area is 136 Å². The van der Waals surface area contributed by atoms with E-state index in [0.717, 1.165) is 4.47 Å². The van der Waals surface area contributed by atoms with Gasteiger partial charge in [0.15, 0.2) is 6.61 Å². The molecule has 7 heteroatoms. The minimum Gasteiger partial charge on any atom is -0.482 e. The summed E-state index contributed by atoms with van der Waals surface area (Å²) < 4.78 is 6.24. The van der Waals surface area contributed by atoms with Crippen molar-refractivity contribution in [2.45, 2.75) is 12.8 Å². The number of carbonyl (C=O) groups excluding carboxylic acids is 1. The van der Waals surface area contributed by atoms with Crippen LogP contribution in [0.15, 0.2) is 22.7 Å². The Morgan fingerprint density at radius 3 is 2.90 bits per heavy atom.